The maximum absolute atomic E-state index is 6.15. The van der Waals surface area contributed by atoms with Gasteiger partial charge >= 0.3 is 0 Å². The number of aromatic nitrogens is 1. The predicted octanol–water partition coefficient (Wildman–Crippen LogP) is 4.89. The largest absolute Gasteiger partial charge is 0.338 e. The van der Waals surface area contributed by atoms with E-state index in [2.05, 4.69) is 48.7 Å². The van der Waals surface area contributed by atoms with Gasteiger partial charge in [0.15, 0.2) is 0 Å². The van der Waals surface area contributed by atoms with Crippen LogP contribution in [-0.2, 0) is 12.5 Å². The molecule has 0 spiro atoms. The normalized spacial score (nSPS) is 22.2. The molecule has 1 atom stereocenters. The number of fused-ring (bicyclic) bond motifs is 3. The van der Waals surface area contributed by atoms with Crippen LogP contribution in [0, 0.1) is 0 Å². The lowest BCUT2D eigenvalue weighted by Gasteiger charge is -2.26. The van der Waals surface area contributed by atoms with E-state index >= 15 is 0 Å². The lowest BCUT2D eigenvalue weighted by atomic mass is 9.82. The van der Waals surface area contributed by atoms with Gasteiger partial charge in [0.25, 0.3) is 0 Å². The minimum Gasteiger partial charge on any atom is -0.338 e. The van der Waals surface area contributed by atoms with Gasteiger partial charge in [-0.2, -0.15) is 0 Å². The second kappa shape index (κ2) is 3.94. The number of benzene rings is 1. The van der Waals surface area contributed by atoms with E-state index in [1.807, 2.05) is 12.1 Å². The number of hydrogen-bond acceptors (Lipinski definition) is 1. The Morgan fingerprint density at radius 1 is 1.44 bits per heavy atom. The zero-order valence-electron chi connectivity index (χ0n) is 10.4. The van der Waals surface area contributed by atoms with Crippen LogP contribution in [0.5, 0.6) is 0 Å². The highest BCUT2D eigenvalue weighted by molar-refractivity contribution is 8.02. The maximum Gasteiger partial charge on any atom is 0.0843 e. The van der Waals surface area contributed by atoms with E-state index in [4.69, 9.17) is 11.6 Å². The predicted molar refractivity (Wildman–Crippen MR) is 80.5 cm³/mol. The molecule has 2 heterocycles. The SMILES string of the molecule is C=CC1(C)C=CSc2c1c1cc(Cl)ccc1n2C. The van der Waals surface area contributed by atoms with E-state index < -0.39 is 0 Å². The molecule has 3 rings (SSSR count). The van der Waals surface area contributed by atoms with Gasteiger partial charge < -0.3 is 4.57 Å². The number of rotatable bonds is 1. The lowest BCUT2D eigenvalue weighted by Crippen LogP contribution is -2.18. The molecule has 0 N–H and O–H groups in total. The zero-order chi connectivity index (χ0) is 12.9. The van der Waals surface area contributed by atoms with E-state index in [0.717, 1.165) is 5.02 Å². The van der Waals surface area contributed by atoms with E-state index in [0.29, 0.717) is 0 Å². The van der Waals surface area contributed by atoms with Gasteiger partial charge in [0.1, 0.15) is 0 Å². The summed E-state index contributed by atoms with van der Waals surface area (Å²) in [5.74, 6) is 0. The van der Waals surface area contributed by atoms with Crippen LogP contribution in [0.3, 0.4) is 0 Å². The van der Waals surface area contributed by atoms with Crippen LogP contribution in [0.15, 0.2) is 47.4 Å². The number of thioether (sulfide) groups is 1. The van der Waals surface area contributed by atoms with E-state index in [1.165, 1.54) is 21.5 Å². The average molecular weight is 276 g/mol. The maximum atomic E-state index is 6.15. The Morgan fingerprint density at radius 2 is 2.22 bits per heavy atom. The monoisotopic (exact) mass is 275 g/mol. The number of hydrogen-bond donors (Lipinski definition) is 0. The van der Waals surface area contributed by atoms with Crippen LogP contribution in [0.25, 0.3) is 10.9 Å². The summed E-state index contributed by atoms with van der Waals surface area (Å²) in [4.78, 5) is 0. The summed E-state index contributed by atoms with van der Waals surface area (Å²) in [6, 6.07) is 6.08. The quantitative estimate of drug-likeness (QED) is 0.671. The minimum atomic E-state index is -0.120. The minimum absolute atomic E-state index is 0.120. The molecule has 3 heteroatoms. The van der Waals surface area contributed by atoms with Crippen LogP contribution in [0.4, 0.5) is 0 Å². The Bertz CT molecular complexity index is 683. The van der Waals surface area contributed by atoms with E-state index in [1.54, 1.807) is 11.8 Å². The van der Waals surface area contributed by atoms with Gasteiger partial charge in [0, 0.05) is 34.0 Å². The Labute approximate surface area is 116 Å². The van der Waals surface area contributed by atoms with Crippen molar-refractivity contribution in [1.29, 1.82) is 0 Å². The van der Waals surface area contributed by atoms with Crippen molar-refractivity contribution in [1.82, 2.24) is 4.57 Å². The van der Waals surface area contributed by atoms with Crippen LogP contribution < -0.4 is 0 Å². The van der Waals surface area contributed by atoms with Crippen LogP contribution >= 0.6 is 23.4 Å². The highest BCUT2D eigenvalue weighted by atomic mass is 35.5. The summed E-state index contributed by atoms with van der Waals surface area (Å²) in [5, 5.41) is 5.42. The van der Waals surface area contributed by atoms with Crippen molar-refractivity contribution in [2.45, 2.75) is 17.4 Å². The molecule has 1 nitrogen and oxygen atoms in total. The third kappa shape index (κ3) is 1.49. The van der Waals surface area contributed by atoms with Crippen molar-refractivity contribution in [2.24, 2.45) is 7.05 Å². The standard InChI is InChI=1S/C15H14ClNS/c1-4-15(2)7-8-18-14-13(15)11-9-10(16)5-6-12(11)17(14)3/h4-9H,1H2,2-3H3. The van der Waals surface area contributed by atoms with Gasteiger partial charge in [-0.1, -0.05) is 35.5 Å². The van der Waals surface area contributed by atoms with E-state index in [-0.39, 0.29) is 5.41 Å². The first-order valence-electron chi connectivity index (χ1n) is 5.83. The molecule has 0 saturated carbocycles. The molecule has 1 unspecified atom stereocenters. The summed E-state index contributed by atoms with van der Waals surface area (Å²) >= 11 is 7.90. The second-order valence-corrected chi connectivity index (χ2v) is 6.14. The van der Waals surface area contributed by atoms with Crippen molar-refractivity contribution in [2.75, 3.05) is 0 Å². The molecule has 0 bridgehead atoms. The molecule has 0 aliphatic carbocycles. The summed E-state index contributed by atoms with van der Waals surface area (Å²) in [6.45, 7) is 6.18. The molecule has 1 aromatic heterocycles. The highest BCUT2D eigenvalue weighted by Gasteiger charge is 2.31. The molecule has 18 heavy (non-hydrogen) atoms. The fraction of sp³-hybridized carbons (Fsp3) is 0.200. The first kappa shape index (κ1) is 11.9. The Balaban J connectivity index is 2.46. The summed E-state index contributed by atoms with van der Waals surface area (Å²) in [6.07, 6.45) is 4.20. The van der Waals surface area contributed by atoms with Crippen LogP contribution in [0.2, 0.25) is 5.02 Å². The van der Waals surface area contributed by atoms with Crippen molar-refractivity contribution >= 4 is 34.3 Å². The second-order valence-electron chi connectivity index (χ2n) is 4.81. The van der Waals surface area contributed by atoms with Crippen molar-refractivity contribution in [3.8, 4) is 0 Å². The molecule has 2 aromatic rings. The van der Waals surface area contributed by atoms with Crippen LogP contribution in [-0.4, -0.2) is 4.57 Å². The first-order chi connectivity index (χ1) is 8.57. The first-order valence-corrected chi connectivity index (χ1v) is 7.09. The zero-order valence-corrected chi connectivity index (χ0v) is 12.0. The van der Waals surface area contributed by atoms with Gasteiger partial charge in [-0.05, 0) is 30.5 Å². The topological polar surface area (TPSA) is 4.93 Å². The summed E-state index contributed by atoms with van der Waals surface area (Å²) in [5.41, 5.74) is 2.41. The van der Waals surface area contributed by atoms with Crippen molar-refractivity contribution in [3.63, 3.8) is 0 Å². The molecule has 1 aliphatic rings. The summed E-state index contributed by atoms with van der Waals surface area (Å²) in [7, 11) is 2.10. The number of nitrogens with zero attached hydrogens (tertiary/aromatic N) is 1. The van der Waals surface area contributed by atoms with Gasteiger partial charge in [-0.3, -0.25) is 0 Å². The average Bonchev–Trinajstić information content (AvgIpc) is 2.64. The molecular formula is C15H14ClNS. The molecule has 1 aromatic carbocycles. The Kier molecular flexibility index (Phi) is 2.61. The molecule has 92 valence electrons. The van der Waals surface area contributed by atoms with Gasteiger partial charge in [0.2, 0.25) is 0 Å². The van der Waals surface area contributed by atoms with Gasteiger partial charge in [-0.25, -0.2) is 0 Å². The number of allylic oxidation sites excluding steroid dienone is 2. The van der Waals surface area contributed by atoms with E-state index in [9.17, 15) is 0 Å². The molecule has 0 fully saturated rings. The molecule has 0 saturated heterocycles. The third-order valence-corrected chi connectivity index (χ3v) is 4.87. The molecule has 0 radical (unpaired) electrons. The van der Waals surface area contributed by atoms with Gasteiger partial charge in [-0.15, -0.1) is 6.58 Å². The molecule has 1 aliphatic heterocycles. The molecule has 0 amide bonds. The lowest BCUT2D eigenvalue weighted by molar-refractivity contribution is 0.714. The van der Waals surface area contributed by atoms with Crippen molar-refractivity contribution in [3.05, 3.63) is 52.9 Å². The molecular weight excluding hydrogens is 262 g/mol. The van der Waals surface area contributed by atoms with Crippen LogP contribution in [0.1, 0.15) is 12.5 Å². The van der Waals surface area contributed by atoms with Crippen molar-refractivity contribution < 1.29 is 0 Å². The number of halogens is 1. The fourth-order valence-electron chi connectivity index (χ4n) is 2.55. The van der Waals surface area contributed by atoms with Gasteiger partial charge in [0.05, 0.1) is 5.03 Å². The Hall–Kier alpha value is -1.12. The Morgan fingerprint density at radius 3 is 2.94 bits per heavy atom. The summed E-state index contributed by atoms with van der Waals surface area (Å²) < 4.78 is 2.23. The number of aryl methyl sites for hydroxylation is 1. The highest BCUT2D eigenvalue weighted by Crippen LogP contribution is 2.46. The third-order valence-electron chi connectivity index (χ3n) is 3.66. The fourth-order valence-corrected chi connectivity index (χ4v) is 3.90. The smallest absolute Gasteiger partial charge is 0.0843 e.